The Hall–Kier alpha value is -2.44. The van der Waals surface area contributed by atoms with Gasteiger partial charge in [0.05, 0.1) is 13.2 Å². The molecule has 7 heteroatoms. The van der Waals surface area contributed by atoms with Gasteiger partial charge in [-0.05, 0) is 18.6 Å². The maximum atomic E-state index is 11.8. The van der Waals surface area contributed by atoms with Crippen LogP contribution in [0.4, 0.5) is 10.5 Å². The molecule has 2 amide bonds. The summed E-state index contributed by atoms with van der Waals surface area (Å²) in [6.45, 7) is 2.84. The molecule has 2 rings (SSSR count). The van der Waals surface area contributed by atoms with Crippen molar-refractivity contribution in [3.05, 3.63) is 18.2 Å². The van der Waals surface area contributed by atoms with Crippen LogP contribution in [-0.4, -0.2) is 36.4 Å². The van der Waals surface area contributed by atoms with Gasteiger partial charge in [0.2, 0.25) is 0 Å². The smallest absolute Gasteiger partial charge is 0.326 e. The number of carbonyl (C=O) groups is 2. The van der Waals surface area contributed by atoms with E-state index in [-0.39, 0.29) is 0 Å². The van der Waals surface area contributed by atoms with E-state index in [4.69, 9.17) is 14.6 Å². The molecular formula is C14H18N2O5. The highest BCUT2D eigenvalue weighted by atomic mass is 16.5. The predicted molar refractivity (Wildman–Crippen MR) is 75.9 cm³/mol. The van der Waals surface area contributed by atoms with Gasteiger partial charge in [-0.15, -0.1) is 0 Å². The second kappa shape index (κ2) is 6.83. The zero-order chi connectivity index (χ0) is 15.2. The molecule has 0 fully saturated rings. The first-order chi connectivity index (χ1) is 10.1. The van der Waals surface area contributed by atoms with E-state index < -0.39 is 18.0 Å². The largest absolute Gasteiger partial charge is 0.490 e. The highest BCUT2D eigenvalue weighted by Crippen LogP contribution is 2.32. The van der Waals surface area contributed by atoms with Crippen LogP contribution < -0.4 is 20.1 Å². The molecule has 1 aliphatic rings. The van der Waals surface area contributed by atoms with E-state index in [1.807, 2.05) is 0 Å². The van der Waals surface area contributed by atoms with Gasteiger partial charge in [0.15, 0.2) is 11.5 Å². The van der Waals surface area contributed by atoms with Crippen LogP contribution in [0.5, 0.6) is 11.5 Å². The number of amides is 2. The van der Waals surface area contributed by atoms with Crippen LogP contribution in [0.3, 0.4) is 0 Å². The molecule has 0 bridgehead atoms. The fraction of sp³-hybridized carbons (Fsp3) is 0.429. The Balaban J connectivity index is 2.01. The lowest BCUT2D eigenvalue weighted by molar-refractivity contribution is -0.139. The molecule has 3 N–H and O–H groups in total. The Kier molecular flexibility index (Phi) is 4.86. The van der Waals surface area contributed by atoms with Crippen molar-refractivity contribution in [1.82, 2.24) is 5.32 Å². The molecule has 7 nitrogen and oxygen atoms in total. The SMILES string of the molecule is CC[C@H](NC(=O)Nc1ccc2c(c1)OCCCO2)C(=O)O. The van der Waals surface area contributed by atoms with E-state index in [1.165, 1.54) is 0 Å². The van der Waals surface area contributed by atoms with Crippen molar-refractivity contribution in [2.24, 2.45) is 0 Å². The minimum atomic E-state index is -1.06. The maximum absolute atomic E-state index is 11.8. The fourth-order valence-corrected chi connectivity index (χ4v) is 1.90. The number of hydrogen-bond donors (Lipinski definition) is 3. The molecule has 1 atom stereocenters. The van der Waals surface area contributed by atoms with Gasteiger partial charge < -0.3 is 25.2 Å². The minimum absolute atomic E-state index is 0.309. The van der Waals surface area contributed by atoms with Crippen LogP contribution in [-0.2, 0) is 4.79 Å². The predicted octanol–water partition coefficient (Wildman–Crippen LogP) is 1.83. The molecule has 0 saturated carbocycles. The Morgan fingerprint density at radius 3 is 2.67 bits per heavy atom. The Labute approximate surface area is 122 Å². The zero-order valence-corrected chi connectivity index (χ0v) is 11.7. The maximum Gasteiger partial charge on any atom is 0.326 e. The van der Waals surface area contributed by atoms with Crippen LogP contribution in [0.2, 0.25) is 0 Å². The first-order valence-corrected chi connectivity index (χ1v) is 6.80. The number of hydrogen-bond acceptors (Lipinski definition) is 4. The van der Waals surface area contributed by atoms with Crippen molar-refractivity contribution in [3.63, 3.8) is 0 Å². The highest BCUT2D eigenvalue weighted by Gasteiger charge is 2.18. The average molecular weight is 294 g/mol. The number of urea groups is 1. The molecule has 1 aromatic carbocycles. The summed E-state index contributed by atoms with van der Waals surface area (Å²) in [7, 11) is 0. The first kappa shape index (κ1) is 15.0. The van der Waals surface area contributed by atoms with E-state index >= 15 is 0 Å². The van der Waals surface area contributed by atoms with Crippen molar-refractivity contribution in [1.29, 1.82) is 0 Å². The van der Waals surface area contributed by atoms with Gasteiger partial charge in [-0.1, -0.05) is 6.92 Å². The Bertz CT molecular complexity index is 532. The summed E-state index contributed by atoms with van der Waals surface area (Å²) >= 11 is 0. The topological polar surface area (TPSA) is 96.9 Å². The Morgan fingerprint density at radius 1 is 1.29 bits per heavy atom. The number of carboxylic acid groups (broad SMARTS) is 1. The van der Waals surface area contributed by atoms with Gasteiger partial charge in [-0.2, -0.15) is 0 Å². The summed E-state index contributed by atoms with van der Waals surface area (Å²) in [5.74, 6) is 0.136. The van der Waals surface area contributed by atoms with Gasteiger partial charge in [0, 0.05) is 18.2 Å². The molecule has 0 unspecified atom stereocenters. The van der Waals surface area contributed by atoms with Gasteiger partial charge in [0.1, 0.15) is 6.04 Å². The van der Waals surface area contributed by atoms with E-state index in [1.54, 1.807) is 25.1 Å². The summed E-state index contributed by atoms with van der Waals surface area (Å²) in [6, 6.07) is 3.56. The summed E-state index contributed by atoms with van der Waals surface area (Å²) < 4.78 is 11.0. The van der Waals surface area contributed by atoms with Gasteiger partial charge in [-0.3, -0.25) is 0 Å². The summed E-state index contributed by atoms with van der Waals surface area (Å²) in [5.41, 5.74) is 0.511. The third-order valence-electron chi connectivity index (χ3n) is 3.02. The second-order valence-corrected chi connectivity index (χ2v) is 4.61. The number of carboxylic acids is 1. The van der Waals surface area contributed by atoms with Crippen LogP contribution in [0, 0.1) is 0 Å². The van der Waals surface area contributed by atoms with Crippen LogP contribution in [0.25, 0.3) is 0 Å². The normalized spacial score (nSPS) is 14.7. The summed E-state index contributed by atoms with van der Waals surface area (Å²) in [5, 5.41) is 13.9. The summed E-state index contributed by atoms with van der Waals surface area (Å²) in [4.78, 5) is 22.6. The molecule has 0 saturated heterocycles. The molecular weight excluding hydrogens is 276 g/mol. The van der Waals surface area contributed by atoms with Crippen LogP contribution >= 0.6 is 0 Å². The van der Waals surface area contributed by atoms with E-state index in [2.05, 4.69) is 10.6 Å². The molecule has 114 valence electrons. The van der Waals surface area contributed by atoms with Crippen LogP contribution in [0.1, 0.15) is 19.8 Å². The third kappa shape index (κ3) is 4.01. The number of carbonyl (C=O) groups excluding carboxylic acids is 1. The average Bonchev–Trinajstić information content (AvgIpc) is 2.69. The molecule has 1 heterocycles. The Morgan fingerprint density at radius 2 is 2.00 bits per heavy atom. The van der Waals surface area contributed by atoms with Crippen molar-refractivity contribution in [2.75, 3.05) is 18.5 Å². The third-order valence-corrected chi connectivity index (χ3v) is 3.02. The standard InChI is InChI=1S/C14H18N2O5/c1-2-10(13(17)18)16-14(19)15-9-4-5-11-12(8-9)21-7-3-6-20-11/h4-5,8,10H,2-3,6-7H2,1H3,(H,17,18)(H2,15,16,19)/t10-/m0/s1. The number of fused-ring (bicyclic) bond motifs is 1. The van der Waals surface area contributed by atoms with Crippen molar-refractivity contribution < 1.29 is 24.2 Å². The van der Waals surface area contributed by atoms with Crippen LogP contribution in [0.15, 0.2) is 18.2 Å². The van der Waals surface area contributed by atoms with Gasteiger partial charge in [-0.25, -0.2) is 9.59 Å². The second-order valence-electron chi connectivity index (χ2n) is 4.61. The number of benzene rings is 1. The molecule has 0 spiro atoms. The van der Waals surface area contributed by atoms with E-state index in [0.717, 1.165) is 6.42 Å². The minimum Gasteiger partial charge on any atom is -0.490 e. The molecule has 0 radical (unpaired) electrons. The molecule has 0 aromatic heterocycles. The van der Waals surface area contributed by atoms with Gasteiger partial charge in [0.25, 0.3) is 0 Å². The zero-order valence-electron chi connectivity index (χ0n) is 11.7. The number of nitrogens with one attached hydrogen (secondary N) is 2. The van der Waals surface area contributed by atoms with Crippen molar-refractivity contribution >= 4 is 17.7 Å². The molecule has 1 aromatic rings. The lowest BCUT2D eigenvalue weighted by Crippen LogP contribution is -2.42. The van der Waals surface area contributed by atoms with Gasteiger partial charge >= 0.3 is 12.0 Å². The lowest BCUT2D eigenvalue weighted by atomic mass is 10.2. The highest BCUT2D eigenvalue weighted by molar-refractivity contribution is 5.92. The number of anilines is 1. The molecule has 0 aliphatic carbocycles. The summed E-state index contributed by atoms with van der Waals surface area (Å²) in [6.07, 6.45) is 1.11. The van der Waals surface area contributed by atoms with E-state index in [0.29, 0.717) is 36.8 Å². The molecule has 1 aliphatic heterocycles. The van der Waals surface area contributed by atoms with Crippen molar-refractivity contribution in [3.8, 4) is 11.5 Å². The monoisotopic (exact) mass is 294 g/mol. The lowest BCUT2D eigenvalue weighted by Gasteiger charge is -2.14. The first-order valence-electron chi connectivity index (χ1n) is 6.80. The number of aliphatic carboxylic acids is 1. The van der Waals surface area contributed by atoms with Crippen molar-refractivity contribution in [2.45, 2.75) is 25.8 Å². The number of rotatable bonds is 4. The fourth-order valence-electron chi connectivity index (χ4n) is 1.90. The number of ether oxygens (including phenoxy) is 2. The quantitative estimate of drug-likeness (QED) is 0.787. The van der Waals surface area contributed by atoms with E-state index in [9.17, 15) is 9.59 Å². The molecule has 21 heavy (non-hydrogen) atoms.